The molecule has 0 amide bonds. The van der Waals surface area contributed by atoms with E-state index in [1.807, 2.05) is 326 Å². The van der Waals surface area contributed by atoms with E-state index in [2.05, 4.69) is 20.1 Å². The van der Waals surface area contributed by atoms with Crippen LogP contribution in [0.1, 0.15) is 140 Å². The van der Waals surface area contributed by atoms with Gasteiger partial charge >= 0.3 is 0 Å². The van der Waals surface area contributed by atoms with Gasteiger partial charge in [0.1, 0.15) is 72.2 Å². The molecule has 20 rings (SSSR count). The van der Waals surface area contributed by atoms with Gasteiger partial charge in [-0.05, 0) is 112 Å². The minimum atomic E-state index is -1.14. The van der Waals surface area contributed by atoms with E-state index >= 15 is 0 Å². The number of ether oxygens (including phenoxy) is 27. The van der Waals surface area contributed by atoms with Gasteiger partial charge in [0, 0.05) is 32.8 Å². The van der Waals surface area contributed by atoms with Crippen molar-refractivity contribution < 1.29 is 138 Å². The quantitative estimate of drug-likeness (QED) is 0.0209. The van der Waals surface area contributed by atoms with Crippen molar-refractivity contribution in [3.05, 3.63) is 308 Å². The number of hydrogen-bond donors (Lipinski definition) is 2. The van der Waals surface area contributed by atoms with Crippen molar-refractivity contribution in [1.29, 1.82) is 0 Å². The van der Waals surface area contributed by atoms with Crippen molar-refractivity contribution >= 4 is 0 Å². The third-order valence-corrected chi connectivity index (χ3v) is 29.3. The molecule has 0 aliphatic carbocycles. The molecular formula is C112H140N6O29. The van der Waals surface area contributed by atoms with E-state index in [0.29, 0.717) is 46.2 Å². The van der Waals surface area contributed by atoms with Gasteiger partial charge < -0.3 is 138 Å². The van der Waals surface area contributed by atoms with E-state index in [1.165, 1.54) is 0 Å². The lowest BCUT2D eigenvalue weighted by molar-refractivity contribution is -0.346. The molecule has 12 aliphatic heterocycles. The van der Waals surface area contributed by atoms with Gasteiger partial charge in [0.15, 0.2) is 61.9 Å². The Bertz CT molecular complexity index is 5460. The fourth-order valence-corrected chi connectivity index (χ4v) is 21.6. The van der Waals surface area contributed by atoms with Gasteiger partial charge in [-0.25, -0.2) is 0 Å². The molecule has 35 heteroatoms. The first kappa shape index (κ1) is 108. The van der Waals surface area contributed by atoms with Gasteiger partial charge in [0.2, 0.25) is 0 Å². The predicted octanol–water partition coefficient (Wildman–Crippen LogP) is 16.4. The summed E-state index contributed by atoms with van der Waals surface area (Å²) in [6.07, 6.45) is -17.4. The van der Waals surface area contributed by atoms with Crippen LogP contribution in [0.15, 0.2) is 253 Å². The first-order valence-electron chi connectivity index (χ1n) is 51.3. The SMILES string of the molecule is CC1C(O)[C@H](C)OC(COCc2ccccc2)[C@@H]1N=[N+]=[N-].CC1C(O[C@@H]2OCC3(COCc4ccccc4)O[C@@H](c4ccccc4)O[C@H]23)[C@H](OCc2ccccc2)CO[C@H]1O[C@H]1C(C)O[C@@H](O)C2OC(C)(C)OC21.CC1C(O[C@@H]2OCC3(COCc4ccccc4)O[C@@H](c4ccccc4)O[C@H]23)[C@H](OCc2ccccc2)CO[C@H]1O[C@H]1C(C)O[C@@H](OC2C(C)[C@@H](N=[N+]=[N-])C(COCc3ccccc3)O[C@H]2C)C2OC(C)(C)OC21. The Kier molecular flexibility index (Phi) is 36.6. The van der Waals surface area contributed by atoms with Gasteiger partial charge in [0.25, 0.3) is 0 Å². The molecule has 12 aliphatic rings. The highest BCUT2D eigenvalue weighted by Crippen LogP contribution is 2.51. The molecule has 35 nitrogen and oxygen atoms in total. The average molecular weight is 2030 g/mol. The molecule has 12 fully saturated rings. The molecule has 0 radical (unpaired) electrons. The first-order valence-corrected chi connectivity index (χ1v) is 51.3. The van der Waals surface area contributed by atoms with Gasteiger partial charge in [-0.15, -0.1) is 0 Å². The molecule has 8 aromatic carbocycles. The zero-order valence-electron chi connectivity index (χ0n) is 85.2. The maximum Gasteiger partial charge on any atom is 0.187 e. The molecule has 147 heavy (non-hydrogen) atoms. The van der Waals surface area contributed by atoms with Crippen LogP contribution < -0.4 is 0 Å². The predicted molar refractivity (Wildman–Crippen MR) is 529 cm³/mol. The molecule has 8 aromatic rings. The topological polar surface area (TPSA) is 387 Å². The summed E-state index contributed by atoms with van der Waals surface area (Å²) in [6.45, 7) is 27.0. The number of benzene rings is 8. The lowest BCUT2D eigenvalue weighted by atomic mass is 9.86. The summed E-state index contributed by atoms with van der Waals surface area (Å²) < 4.78 is 175. The molecule has 0 bridgehead atoms. The summed E-state index contributed by atoms with van der Waals surface area (Å²) in [4.78, 5) is 6.06. The van der Waals surface area contributed by atoms with Crippen LogP contribution in [0.3, 0.4) is 0 Å². The summed E-state index contributed by atoms with van der Waals surface area (Å²) in [5, 5.41) is 28.6. The zero-order chi connectivity index (χ0) is 102. The summed E-state index contributed by atoms with van der Waals surface area (Å²) >= 11 is 0. The molecule has 12 saturated heterocycles. The molecule has 0 saturated carbocycles. The summed E-state index contributed by atoms with van der Waals surface area (Å²) in [5.41, 5.74) is 24.5. The lowest BCUT2D eigenvalue weighted by Crippen LogP contribution is -2.62. The Morgan fingerprint density at radius 2 is 0.660 bits per heavy atom. The number of rotatable bonds is 36. The van der Waals surface area contributed by atoms with Gasteiger partial charge in [-0.2, -0.15) is 0 Å². The highest BCUT2D eigenvalue weighted by atomic mass is 16.8. The Hall–Kier alpha value is -8.78. The largest absolute Gasteiger partial charge is 0.390 e. The Balaban J connectivity index is 0.000000166. The van der Waals surface area contributed by atoms with E-state index in [9.17, 15) is 15.7 Å². The number of fused-ring (bicyclic) bond motifs is 4. The van der Waals surface area contributed by atoms with Crippen molar-refractivity contribution in [2.24, 2.45) is 33.9 Å². The molecule has 12 heterocycles. The number of aliphatic hydroxyl groups is 2. The Morgan fingerprint density at radius 1 is 0.327 bits per heavy atom. The van der Waals surface area contributed by atoms with Crippen LogP contribution in [0.4, 0.5) is 0 Å². The fraction of sp³-hybridized carbons (Fsp3) is 0.571. The lowest BCUT2D eigenvalue weighted by Gasteiger charge is -2.48. The van der Waals surface area contributed by atoms with Crippen molar-refractivity contribution in [2.45, 2.75) is 330 Å². The van der Waals surface area contributed by atoms with Gasteiger partial charge in [0.05, 0.1) is 166 Å². The second kappa shape index (κ2) is 49.8. The van der Waals surface area contributed by atoms with Crippen LogP contribution in [0, 0.1) is 23.7 Å². The number of azide groups is 2. The summed E-state index contributed by atoms with van der Waals surface area (Å²) in [6, 6.07) is 78.5. The minimum Gasteiger partial charge on any atom is -0.390 e. The van der Waals surface area contributed by atoms with Crippen LogP contribution >= 0.6 is 0 Å². The van der Waals surface area contributed by atoms with Crippen molar-refractivity contribution in [3.8, 4) is 0 Å². The molecular weight excluding hydrogens is 1890 g/mol. The van der Waals surface area contributed by atoms with E-state index in [4.69, 9.17) is 133 Å². The number of aliphatic hydroxyl groups excluding tert-OH is 2. The zero-order valence-corrected chi connectivity index (χ0v) is 85.2. The standard InChI is InChI=1S/C56H69N3O14.C41H50O12.C15H21N3O3/c1-34-44(58-59-57)42(30-60-27-38-19-11-7-12-20-38)65-36(3)45(34)67-53-49-48(71-55(5,6)72-49)47(37(4)66-53)69-51-35(2)46(43(31-63-51)62-29-40-23-15-9-16-24-40)68-54-50-56(33-64-54,32-61-28-39-21-13-8-14-22-39)73-52(70-50)41-25-17-10-18-26-41;1-25-31(48-39-35-41(24-46-39,23-43-20-27-14-8-5-9-15-27)53-38(50-35)29-18-12-7-13-19-29)30(44-21-28-16-10-6-11-17-28)22-45-37(25)49-32-26(2)47-36(42)34-33(32)51-40(3,4)52-34;1-10-14(17-18-16)13(21-11(2)15(10)19)9-20-8-12-6-4-3-5-7-12/h7-26,34-37,42-54H,27-33H2,1-6H3;5-19,25-26,30-39,42H,20-24H2,1-4H3;3-7,10-11,13-15,19H,8-9H2,1-2H3/t34?,35?,36-,37?,42?,43+,44+,45?,46?,47-,48?,49?,50+,51-,52-,53-,54-,56?;25?,26?,30-,31?,32+,33?,34?,35-,36-,37+,38+,39+,41?;10?,11-,13?,14+,15?/m010/s1. The Labute approximate surface area is 858 Å². The molecule has 792 valence electrons. The highest BCUT2D eigenvalue weighted by molar-refractivity contribution is 5.24. The molecule has 18 unspecified atom stereocenters. The van der Waals surface area contributed by atoms with Crippen LogP contribution in [0.25, 0.3) is 20.9 Å². The third-order valence-electron chi connectivity index (χ3n) is 29.3. The van der Waals surface area contributed by atoms with Crippen LogP contribution in [0.2, 0.25) is 0 Å². The normalized spacial score (nSPS) is 37.5. The maximum absolute atomic E-state index is 10.7. The molecule has 2 N–H and O–H groups in total. The minimum absolute atomic E-state index is 0.157. The summed E-state index contributed by atoms with van der Waals surface area (Å²) in [7, 11) is 0. The van der Waals surface area contributed by atoms with Crippen molar-refractivity contribution in [1.82, 2.24) is 0 Å². The average Bonchev–Trinajstić information content (AvgIpc) is 1.59. The van der Waals surface area contributed by atoms with Gasteiger partial charge in [-0.1, -0.05) is 281 Å². The van der Waals surface area contributed by atoms with Gasteiger partial charge in [-0.3, -0.25) is 0 Å². The number of hydrogen-bond acceptors (Lipinski definition) is 31. The van der Waals surface area contributed by atoms with Crippen LogP contribution in [0.5, 0.6) is 0 Å². The molecule has 36 atom stereocenters. The number of nitrogens with zero attached hydrogens (tertiary/aromatic N) is 6. The Morgan fingerprint density at radius 3 is 1.07 bits per heavy atom. The van der Waals surface area contributed by atoms with Crippen molar-refractivity contribution in [2.75, 3.05) is 52.9 Å². The first-order chi connectivity index (χ1) is 71.3. The molecule has 0 spiro atoms. The fourth-order valence-electron chi connectivity index (χ4n) is 21.6. The van der Waals surface area contributed by atoms with Crippen molar-refractivity contribution in [3.63, 3.8) is 0 Å². The monoisotopic (exact) mass is 2030 g/mol. The van der Waals surface area contributed by atoms with E-state index in [0.717, 1.165) is 44.5 Å². The summed E-state index contributed by atoms with van der Waals surface area (Å²) in [5.74, 6) is -3.09. The second-order valence-electron chi connectivity index (χ2n) is 41.0. The maximum atomic E-state index is 10.7. The van der Waals surface area contributed by atoms with Crippen LogP contribution in [-0.2, 0) is 168 Å². The second-order valence-corrected chi connectivity index (χ2v) is 41.0. The van der Waals surface area contributed by atoms with Crippen LogP contribution in [-0.4, -0.2) is 258 Å². The van der Waals surface area contributed by atoms with E-state index in [1.54, 1.807) is 0 Å². The van der Waals surface area contributed by atoms with E-state index < -0.39 is 201 Å². The molecule has 0 aromatic heterocycles. The van der Waals surface area contributed by atoms with E-state index in [-0.39, 0.29) is 76.2 Å². The highest BCUT2D eigenvalue weighted by Gasteiger charge is 2.65. The third kappa shape index (κ3) is 26.2. The smallest absolute Gasteiger partial charge is 0.187 e.